The van der Waals surface area contributed by atoms with Crippen molar-refractivity contribution < 1.29 is 24.5 Å². The number of carboxylic acids is 1. The number of nitrogens with one attached hydrogen (secondary N) is 1. The number of aliphatic hydroxyl groups is 1. The zero-order chi connectivity index (χ0) is 15.2. The molecule has 2 amide bonds. The number of methoxy groups -OCH3 is 1. The first-order valence-corrected chi connectivity index (χ1v) is 6.48. The normalized spacial score (nSPS) is 18.1. The van der Waals surface area contributed by atoms with E-state index >= 15 is 0 Å². The number of rotatable bonds is 6. The lowest BCUT2D eigenvalue weighted by Gasteiger charge is -2.28. The molecule has 0 aromatic carbocycles. The van der Waals surface area contributed by atoms with Gasteiger partial charge in [-0.05, 0) is 18.9 Å². The zero-order valence-electron chi connectivity index (χ0n) is 11.9. The van der Waals surface area contributed by atoms with Crippen molar-refractivity contribution in [2.75, 3.05) is 33.4 Å². The summed E-state index contributed by atoms with van der Waals surface area (Å²) in [6.45, 7) is 2.94. The molecule has 0 saturated carbocycles. The van der Waals surface area contributed by atoms with Crippen molar-refractivity contribution in [1.82, 2.24) is 10.2 Å². The Bertz CT molecular complexity index is 392. The van der Waals surface area contributed by atoms with E-state index in [1.54, 1.807) is 12.0 Å². The number of hydrogen-bond acceptors (Lipinski definition) is 4. The van der Waals surface area contributed by atoms with Gasteiger partial charge in [-0.1, -0.05) is 6.08 Å². The number of carboxylic acid groups (broad SMARTS) is 1. The molecule has 1 aliphatic heterocycles. The predicted molar refractivity (Wildman–Crippen MR) is 72.4 cm³/mol. The number of ether oxygens (including phenoxy) is 1. The molecule has 3 N–H and O–H groups in total. The number of hydrogen-bond donors (Lipinski definition) is 3. The molecule has 0 fully saturated rings. The summed E-state index contributed by atoms with van der Waals surface area (Å²) in [5, 5.41) is 21.0. The molecule has 1 atom stereocenters. The topological polar surface area (TPSA) is 99.1 Å². The van der Waals surface area contributed by atoms with E-state index in [-0.39, 0.29) is 12.6 Å². The molecule has 0 aromatic heterocycles. The molecular formula is C13H22N2O5. The van der Waals surface area contributed by atoms with E-state index in [1.165, 1.54) is 6.92 Å². The first-order chi connectivity index (χ1) is 9.34. The Morgan fingerprint density at radius 1 is 1.55 bits per heavy atom. The summed E-state index contributed by atoms with van der Waals surface area (Å²) in [7, 11) is 1.63. The van der Waals surface area contributed by atoms with Gasteiger partial charge in [-0.3, -0.25) is 4.79 Å². The van der Waals surface area contributed by atoms with Crippen LogP contribution in [0.5, 0.6) is 0 Å². The maximum atomic E-state index is 11.9. The number of urea groups is 1. The number of nitrogens with zero attached hydrogens (tertiary/aromatic N) is 1. The average Bonchev–Trinajstić information content (AvgIpc) is 2.36. The van der Waals surface area contributed by atoms with Crippen LogP contribution in [0.15, 0.2) is 11.6 Å². The number of aliphatic carboxylic acids is 1. The van der Waals surface area contributed by atoms with Crippen LogP contribution >= 0.6 is 0 Å². The Morgan fingerprint density at radius 3 is 2.75 bits per heavy atom. The van der Waals surface area contributed by atoms with Gasteiger partial charge in [0.25, 0.3) is 0 Å². The molecule has 1 rings (SSSR count). The summed E-state index contributed by atoms with van der Waals surface area (Å²) in [4.78, 5) is 24.1. The third-order valence-electron chi connectivity index (χ3n) is 3.07. The molecule has 1 heterocycles. The van der Waals surface area contributed by atoms with Crippen molar-refractivity contribution in [3.63, 3.8) is 0 Å². The van der Waals surface area contributed by atoms with Crippen LogP contribution in [0.3, 0.4) is 0 Å². The minimum Gasteiger partial charge on any atom is -0.481 e. The molecule has 0 bridgehead atoms. The summed E-state index contributed by atoms with van der Waals surface area (Å²) in [6, 6.07) is -0.302. The number of carbonyl (C=O) groups is 2. The van der Waals surface area contributed by atoms with Crippen molar-refractivity contribution in [3.05, 3.63) is 11.6 Å². The van der Waals surface area contributed by atoms with Crippen LogP contribution in [0.2, 0.25) is 0 Å². The fourth-order valence-corrected chi connectivity index (χ4v) is 1.98. The Morgan fingerprint density at radius 2 is 2.25 bits per heavy atom. The van der Waals surface area contributed by atoms with Crippen molar-refractivity contribution in [2.45, 2.75) is 25.4 Å². The fraction of sp³-hybridized carbons (Fsp3) is 0.692. The number of carbonyl (C=O) groups excluding carboxylic acids is 1. The molecule has 7 heteroatoms. The van der Waals surface area contributed by atoms with Crippen molar-refractivity contribution in [3.8, 4) is 0 Å². The van der Waals surface area contributed by atoms with Crippen LogP contribution < -0.4 is 5.32 Å². The molecule has 0 radical (unpaired) electrons. The second-order valence-corrected chi connectivity index (χ2v) is 5.22. The van der Waals surface area contributed by atoms with E-state index < -0.39 is 18.0 Å². The van der Waals surface area contributed by atoms with Gasteiger partial charge in [-0.2, -0.15) is 0 Å². The maximum absolute atomic E-state index is 11.9. The van der Waals surface area contributed by atoms with Gasteiger partial charge in [0.15, 0.2) is 0 Å². The van der Waals surface area contributed by atoms with Gasteiger partial charge in [-0.25, -0.2) is 4.79 Å². The van der Waals surface area contributed by atoms with Crippen molar-refractivity contribution in [2.24, 2.45) is 0 Å². The summed E-state index contributed by atoms with van der Waals surface area (Å²) in [5.41, 5.74) is -0.289. The van der Waals surface area contributed by atoms with Gasteiger partial charge in [0.2, 0.25) is 0 Å². The van der Waals surface area contributed by atoms with E-state index in [0.717, 1.165) is 12.0 Å². The van der Waals surface area contributed by atoms with Gasteiger partial charge in [0.05, 0.1) is 18.6 Å². The van der Waals surface area contributed by atoms with Crippen LogP contribution in [0.4, 0.5) is 4.79 Å². The van der Waals surface area contributed by atoms with E-state index in [4.69, 9.17) is 9.84 Å². The lowest BCUT2D eigenvalue weighted by molar-refractivity contribution is -0.141. The molecule has 0 aromatic rings. The molecule has 0 aliphatic carbocycles. The fourth-order valence-electron chi connectivity index (χ4n) is 1.98. The Hall–Kier alpha value is -1.60. The quantitative estimate of drug-likeness (QED) is 0.606. The second kappa shape index (κ2) is 7.25. The molecule has 20 heavy (non-hydrogen) atoms. The molecule has 1 unspecified atom stereocenters. The molecule has 1 aliphatic rings. The molecule has 0 spiro atoms. The standard InChI is InChI=1S/C13H22N2O5/c1-13(19,7-11(16)17)9-14-12(18)15-5-3-10(4-6-15)8-20-2/h3,19H,4-9H2,1-2H3,(H,14,18)(H,16,17). The van der Waals surface area contributed by atoms with Crippen LogP contribution in [-0.2, 0) is 9.53 Å². The number of amides is 2. The highest BCUT2D eigenvalue weighted by Crippen LogP contribution is 2.12. The SMILES string of the molecule is COCC1=CCN(C(=O)NCC(C)(O)CC(=O)O)CC1. The summed E-state index contributed by atoms with van der Waals surface area (Å²) >= 11 is 0. The average molecular weight is 286 g/mol. The first kappa shape index (κ1) is 16.5. The predicted octanol–water partition coefficient (Wildman–Crippen LogP) is 0.200. The van der Waals surface area contributed by atoms with Crippen LogP contribution in [-0.4, -0.2) is 66.1 Å². The Labute approximate surface area is 118 Å². The summed E-state index contributed by atoms with van der Waals surface area (Å²) in [5.74, 6) is -1.10. The van der Waals surface area contributed by atoms with Gasteiger partial charge >= 0.3 is 12.0 Å². The smallest absolute Gasteiger partial charge is 0.317 e. The minimum absolute atomic E-state index is 0.0940. The Balaban J connectivity index is 2.39. The molecular weight excluding hydrogens is 264 g/mol. The lowest BCUT2D eigenvalue weighted by Crippen LogP contribution is -2.48. The highest BCUT2D eigenvalue weighted by molar-refractivity contribution is 5.75. The van der Waals surface area contributed by atoms with E-state index in [9.17, 15) is 14.7 Å². The van der Waals surface area contributed by atoms with Crippen LogP contribution in [0.1, 0.15) is 19.8 Å². The van der Waals surface area contributed by atoms with E-state index in [0.29, 0.717) is 19.7 Å². The van der Waals surface area contributed by atoms with Crippen LogP contribution in [0.25, 0.3) is 0 Å². The third-order valence-corrected chi connectivity index (χ3v) is 3.07. The Kier molecular flexibility index (Phi) is 5.97. The summed E-state index contributed by atoms with van der Waals surface area (Å²) in [6.07, 6.45) is 2.29. The minimum atomic E-state index is -1.45. The van der Waals surface area contributed by atoms with Gasteiger partial charge in [0, 0.05) is 26.7 Å². The van der Waals surface area contributed by atoms with E-state index in [2.05, 4.69) is 5.32 Å². The first-order valence-electron chi connectivity index (χ1n) is 6.48. The van der Waals surface area contributed by atoms with Crippen molar-refractivity contribution >= 4 is 12.0 Å². The van der Waals surface area contributed by atoms with Gasteiger partial charge in [-0.15, -0.1) is 0 Å². The third kappa shape index (κ3) is 5.58. The van der Waals surface area contributed by atoms with E-state index in [1.807, 2.05) is 6.08 Å². The maximum Gasteiger partial charge on any atom is 0.317 e. The zero-order valence-corrected chi connectivity index (χ0v) is 11.9. The monoisotopic (exact) mass is 286 g/mol. The molecule has 0 saturated heterocycles. The van der Waals surface area contributed by atoms with Crippen LogP contribution in [0, 0.1) is 0 Å². The molecule has 7 nitrogen and oxygen atoms in total. The van der Waals surface area contributed by atoms with Gasteiger partial charge < -0.3 is 25.2 Å². The largest absolute Gasteiger partial charge is 0.481 e. The lowest BCUT2D eigenvalue weighted by atomic mass is 10.0. The summed E-state index contributed by atoms with van der Waals surface area (Å²) < 4.78 is 5.03. The highest BCUT2D eigenvalue weighted by atomic mass is 16.5. The molecule has 114 valence electrons. The second-order valence-electron chi connectivity index (χ2n) is 5.22. The van der Waals surface area contributed by atoms with Gasteiger partial charge in [0.1, 0.15) is 0 Å². The van der Waals surface area contributed by atoms with Crippen molar-refractivity contribution in [1.29, 1.82) is 0 Å². The highest BCUT2D eigenvalue weighted by Gasteiger charge is 2.26.